The highest BCUT2D eigenvalue weighted by Gasteiger charge is 2.42. The van der Waals surface area contributed by atoms with E-state index in [-0.39, 0.29) is 20.7 Å². The Morgan fingerprint density at radius 2 is 2.13 bits per heavy atom. The lowest BCUT2D eigenvalue weighted by Crippen LogP contribution is -2.47. The predicted octanol–water partition coefficient (Wildman–Crippen LogP) is 3.53. The Kier molecular flexibility index (Phi) is 5.54. The van der Waals surface area contributed by atoms with Gasteiger partial charge in [0.05, 0.1) is 4.91 Å². The Balaban J connectivity index is 2.36. The summed E-state index contributed by atoms with van der Waals surface area (Å²) < 4.78 is 13.9. The third-order valence-electron chi connectivity index (χ3n) is 3.73. The molecule has 0 aliphatic carbocycles. The summed E-state index contributed by atoms with van der Waals surface area (Å²) in [4.78, 5) is 25.5. The van der Waals surface area contributed by atoms with Gasteiger partial charge in [-0.3, -0.25) is 9.69 Å². The van der Waals surface area contributed by atoms with E-state index < -0.39 is 23.7 Å². The lowest BCUT2D eigenvalue weighted by Gasteiger charge is -2.27. The zero-order chi connectivity index (χ0) is 17.1. The molecule has 0 bridgehead atoms. The molecule has 1 amide bonds. The number of benzene rings is 1. The number of carboxylic acids is 1. The van der Waals surface area contributed by atoms with Crippen LogP contribution in [0.3, 0.4) is 0 Å². The summed E-state index contributed by atoms with van der Waals surface area (Å²) in [6.07, 6.45) is 2.00. The molecule has 1 heterocycles. The van der Waals surface area contributed by atoms with Gasteiger partial charge in [-0.2, -0.15) is 0 Å². The van der Waals surface area contributed by atoms with Gasteiger partial charge in [-0.1, -0.05) is 62.4 Å². The largest absolute Gasteiger partial charge is 0.480 e. The third-order valence-corrected chi connectivity index (χ3v) is 5.06. The van der Waals surface area contributed by atoms with E-state index in [1.165, 1.54) is 12.1 Å². The molecule has 1 aromatic carbocycles. The van der Waals surface area contributed by atoms with E-state index in [4.69, 9.17) is 12.2 Å². The fourth-order valence-electron chi connectivity index (χ4n) is 2.28. The maximum atomic E-state index is 13.7. The Morgan fingerprint density at radius 1 is 1.48 bits per heavy atom. The zero-order valence-corrected chi connectivity index (χ0v) is 14.3. The summed E-state index contributed by atoms with van der Waals surface area (Å²) in [6.45, 7) is 3.62. The Morgan fingerprint density at radius 3 is 2.70 bits per heavy atom. The van der Waals surface area contributed by atoms with Crippen molar-refractivity contribution in [3.05, 3.63) is 40.6 Å². The van der Waals surface area contributed by atoms with Gasteiger partial charge in [-0.15, -0.1) is 0 Å². The molecular formula is C16H16FNO3S2. The first kappa shape index (κ1) is 17.6. The average molecular weight is 353 g/mol. The predicted molar refractivity (Wildman–Crippen MR) is 92.3 cm³/mol. The molecule has 7 heteroatoms. The lowest BCUT2D eigenvalue weighted by molar-refractivity contribution is -0.147. The van der Waals surface area contributed by atoms with Gasteiger partial charge in [0.1, 0.15) is 16.2 Å². The first-order chi connectivity index (χ1) is 10.9. The number of carbonyl (C=O) groups excluding carboxylic acids is 1. The second-order valence-corrected chi connectivity index (χ2v) is 6.92. The van der Waals surface area contributed by atoms with Gasteiger partial charge < -0.3 is 5.11 Å². The van der Waals surface area contributed by atoms with E-state index in [9.17, 15) is 19.1 Å². The van der Waals surface area contributed by atoms with Crippen LogP contribution in [0.1, 0.15) is 25.8 Å². The summed E-state index contributed by atoms with van der Waals surface area (Å²) >= 11 is 6.17. The van der Waals surface area contributed by atoms with Crippen molar-refractivity contribution in [2.45, 2.75) is 26.3 Å². The quantitative estimate of drug-likeness (QED) is 0.648. The minimum absolute atomic E-state index is 0.185. The molecule has 2 unspecified atom stereocenters. The Hall–Kier alpha value is -1.73. The molecule has 0 spiro atoms. The normalized spacial score (nSPS) is 19.3. The van der Waals surface area contributed by atoms with Crippen LogP contribution in [-0.4, -0.2) is 32.2 Å². The van der Waals surface area contributed by atoms with Crippen molar-refractivity contribution in [3.8, 4) is 0 Å². The number of amides is 1. The molecule has 122 valence electrons. The number of aliphatic carboxylic acids is 1. The lowest BCUT2D eigenvalue weighted by atomic mass is 9.98. The van der Waals surface area contributed by atoms with Gasteiger partial charge in [-0.05, 0) is 18.1 Å². The Labute approximate surface area is 143 Å². The molecule has 1 aromatic rings. The molecule has 0 radical (unpaired) electrons. The molecule has 0 aromatic heterocycles. The number of hydrogen-bond donors (Lipinski definition) is 1. The number of rotatable bonds is 5. The van der Waals surface area contributed by atoms with Gasteiger partial charge in [0.2, 0.25) is 0 Å². The van der Waals surface area contributed by atoms with Gasteiger partial charge in [0.25, 0.3) is 5.91 Å². The van der Waals surface area contributed by atoms with Crippen LogP contribution in [0.2, 0.25) is 0 Å². The Bertz CT molecular complexity index is 690. The fourth-order valence-corrected chi connectivity index (χ4v) is 3.60. The van der Waals surface area contributed by atoms with E-state index in [0.29, 0.717) is 6.42 Å². The van der Waals surface area contributed by atoms with Crippen molar-refractivity contribution in [3.63, 3.8) is 0 Å². The summed E-state index contributed by atoms with van der Waals surface area (Å²) in [6, 6.07) is 5.05. The first-order valence-corrected chi connectivity index (χ1v) is 8.33. The molecule has 1 aliphatic heterocycles. The zero-order valence-electron chi connectivity index (χ0n) is 12.7. The summed E-state index contributed by atoms with van der Waals surface area (Å²) in [5.41, 5.74) is 0.267. The van der Waals surface area contributed by atoms with Crippen molar-refractivity contribution < 1.29 is 19.1 Å². The molecule has 0 saturated carbocycles. The van der Waals surface area contributed by atoms with Gasteiger partial charge in [-0.25, -0.2) is 9.18 Å². The molecule has 1 aliphatic rings. The van der Waals surface area contributed by atoms with Crippen LogP contribution in [0, 0.1) is 11.7 Å². The fraction of sp³-hybridized carbons (Fsp3) is 0.312. The minimum atomic E-state index is -1.09. The van der Waals surface area contributed by atoms with Crippen molar-refractivity contribution in [1.82, 2.24) is 4.90 Å². The second kappa shape index (κ2) is 7.23. The van der Waals surface area contributed by atoms with Crippen LogP contribution >= 0.6 is 24.0 Å². The van der Waals surface area contributed by atoms with Crippen molar-refractivity contribution in [2.75, 3.05) is 0 Å². The molecule has 2 atom stereocenters. The average Bonchev–Trinajstić information content (AvgIpc) is 2.77. The van der Waals surface area contributed by atoms with E-state index >= 15 is 0 Å². The monoisotopic (exact) mass is 353 g/mol. The SMILES string of the molecule is CCC(C)C(C(=O)O)N1C(=O)C(=Cc2ccccc2F)SC1=S. The van der Waals surface area contributed by atoms with E-state index in [2.05, 4.69) is 0 Å². The van der Waals surface area contributed by atoms with Crippen molar-refractivity contribution in [2.24, 2.45) is 5.92 Å². The van der Waals surface area contributed by atoms with Gasteiger partial charge in [0.15, 0.2) is 0 Å². The molecule has 4 nitrogen and oxygen atoms in total. The van der Waals surface area contributed by atoms with Crippen LogP contribution in [0.4, 0.5) is 4.39 Å². The summed E-state index contributed by atoms with van der Waals surface area (Å²) in [5, 5.41) is 9.45. The maximum absolute atomic E-state index is 13.7. The topological polar surface area (TPSA) is 57.6 Å². The van der Waals surface area contributed by atoms with Crippen molar-refractivity contribution in [1.29, 1.82) is 0 Å². The molecule has 1 N–H and O–H groups in total. The van der Waals surface area contributed by atoms with Crippen LogP contribution in [0.15, 0.2) is 29.2 Å². The second-order valence-electron chi connectivity index (χ2n) is 5.24. The van der Waals surface area contributed by atoms with Gasteiger partial charge >= 0.3 is 5.97 Å². The highest BCUT2D eigenvalue weighted by Crippen LogP contribution is 2.36. The smallest absolute Gasteiger partial charge is 0.327 e. The number of thioether (sulfide) groups is 1. The number of carboxylic acid groups (broad SMARTS) is 1. The number of thiocarbonyl (C=S) groups is 1. The highest BCUT2D eigenvalue weighted by atomic mass is 32.2. The number of halogens is 1. The number of nitrogens with zero attached hydrogens (tertiary/aromatic N) is 1. The van der Waals surface area contributed by atoms with Gasteiger partial charge in [0, 0.05) is 5.56 Å². The minimum Gasteiger partial charge on any atom is -0.480 e. The first-order valence-electron chi connectivity index (χ1n) is 7.11. The highest BCUT2D eigenvalue weighted by molar-refractivity contribution is 8.26. The summed E-state index contributed by atoms with van der Waals surface area (Å²) in [7, 11) is 0. The third kappa shape index (κ3) is 3.61. The maximum Gasteiger partial charge on any atom is 0.327 e. The molecular weight excluding hydrogens is 337 g/mol. The molecule has 1 saturated heterocycles. The van der Waals surface area contributed by atoms with Crippen molar-refractivity contribution >= 4 is 46.3 Å². The van der Waals surface area contributed by atoms with E-state index in [1.807, 2.05) is 6.92 Å². The van der Waals surface area contributed by atoms with E-state index in [0.717, 1.165) is 16.7 Å². The molecule has 1 fully saturated rings. The van der Waals surface area contributed by atoms with Crippen LogP contribution in [0.25, 0.3) is 6.08 Å². The van der Waals surface area contributed by atoms with Crippen LogP contribution < -0.4 is 0 Å². The number of hydrogen-bond acceptors (Lipinski definition) is 4. The number of carbonyl (C=O) groups is 2. The van der Waals surface area contributed by atoms with Crippen LogP contribution in [-0.2, 0) is 9.59 Å². The van der Waals surface area contributed by atoms with Crippen LogP contribution in [0.5, 0.6) is 0 Å². The summed E-state index contributed by atoms with van der Waals surface area (Å²) in [5.74, 6) is -2.28. The molecule has 2 rings (SSSR count). The standard InChI is InChI=1S/C16H16FNO3S2/c1-3-9(2)13(15(20)21)18-14(19)12(23-16(18)22)8-10-6-4-5-7-11(10)17/h4-9,13H,3H2,1-2H3,(H,20,21). The van der Waals surface area contributed by atoms with E-state index in [1.54, 1.807) is 25.1 Å². The molecule has 23 heavy (non-hydrogen) atoms.